The van der Waals surface area contributed by atoms with Crippen LogP contribution in [0.1, 0.15) is 31.4 Å². The van der Waals surface area contributed by atoms with E-state index in [0.29, 0.717) is 12.2 Å². The summed E-state index contributed by atoms with van der Waals surface area (Å²) >= 11 is 0. The predicted octanol–water partition coefficient (Wildman–Crippen LogP) is 2.19. The van der Waals surface area contributed by atoms with Crippen LogP contribution >= 0.6 is 0 Å². The number of rotatable bonds is 5. The van der Waals surface area contributed by atoms with Crippen molar-refractivity contribution in [1.82, 2.24) is 0 Å². The predicted molar refractivity (Wildman–Crippen MR) is 61.8 cm³/mol. The molecule has 16 heavy (non-hydrogen) atoms. The highest BCUT2D eigenvalue weighted by atomic mass is 16.5. The molecule has 1 aromatic carbocycles. The van der Waals surface area contributed by atoms with Crippen LogP contribution in [-0.2, 0) is 10.3 Å². The molecule has 0 heterocycles. The van der Waals surface area contributed by atoms with Gasteiger partial charge in [0.25, 0.3) is 0 Å². The van der Waals surface area contributed by atoms with Crippen LogP contribution in [0, 0.1) is 11.3 Å². The maximum absolute atomic E-state index is 10.2. The topological polar surface area (TPSA) is 53.2 Å². The first kappa shape index (κ1) is 12.7. The summed E-state index contributed by atoms with van der Waals surface area (Å²) in [5.74, 6) is 0. The number of nitrogens with zero attached hydrogens (tertiary/aromatic N) is 1. The summed E-state index contributed by atoms with van der Waals surface area (Å²) < 4.78 is 5.34. The van der Waals surface area contributed by atoms with Crippen LogP contribution in [0.5, 0.6) is 0 Å². The summed E-state index contributed by atoms with van der Waals surface area (Å²) in [5.41, 5.74) is 0.361. The van der Waals surface area contributed by atoms with E-state index in [0.717, 1.165) is 12.0 Å². The number of ether oxygens (including phenoxy) is 1. The lowest BCUT2D eigenvalue weighted by atomic mass is 9.96. The highest BCUT2D eigenvalue weighted by Crippen LogP contribution is 2.21. The van der Waals surface area contributed by atoms with E-state index in [1.807, 2.05) is 13.0 Å². The van der Waals surface area contributed by atoms with Gasteiger partial charge >= 0.3 is 0 Å². The van der Waals surface area contributed by atoms with Gasteiger partial charge < -0.3 is 9.84 Å². The lowest BCUT2D eigenvalue weighted by molar-refractivity contribution is -0.0375. The fourth-order valence-corrected chi connectivity index (χ4v) is 1.40. The molecule has 0 amide bonds. The summed E-state index contributed by atoms with van der Waals surface area (Å²) in [6.07, 6.45) is 0.934. The van der Waals surface area contributed by atoms with Crippen LogP contribution in [0.4, 0.5) is 0 Å². The molecule has 3 heteroatoms. The number of nitriles is 1. The van der Waals surface area contributed by atoms with Gasteiger partial charge in [0.1, 0.15) is 5.60 Å². The summed E-state index contributed by atoms with van der Waals surface area (Å²) in [6.45, 7) is 4.65. The minimum atomic E-state index is -0.997. The summed E-state index contributed by atoms with van der Waals surface area (Å²) in [5, 5.41) is 18.8. The molecule has 0 radical (unpaired) electrons. The molecule has 1 unspecified atom stereocenters. The monoisotopic (exact) mass is 219 g/mol. The Morgan fingerprint density at radius 1 is 1.38 bits per heavy atom. The molecule has 0 saturated heterocycles. The van der Waals surface area contributed by atoms with Crippen molar-refractivity contribution < 1.29 is 9.84 Å². The summed E-state index contributed by atoms with van der Waals surface area (Å²) in [4.78, 5) is 0. The molecule has 0 aliphatic rings. The quantitative estimate of drug-likeness (QED) is 0.772. The van der Waals surface area contributed by atoms with E-state index >= 15 is 0 Å². The number of benzene rings is 1. The summed E-state index contributed by atoms with van der Waals surface area (Å²) in [7, 11) is 0. The maximum atomic E-state index is 10.2. The van der Waals surface area contributed by atoms with Gasteiger partial charge in [0, 0.05) is 6.61 Å². The fourth-order valence-electron chi connectivity index (χ4n) is 1.40. The van der Waals surface area contributed by atoms with E-state index in [-0.39, 0.29) is 6.61 Å². The zero-order valence-electron chi connectivity index (χ0n) is 9.73. The average Bonchev–Trinajstić information content (AvgIpc) is 2.29. The highest BCUT2D eigenvalue weighted by Gasteiger charge is 2.22. The Kier molecular flexibility index (Phi) is 4.48. The van der Waals surface area contributed by atoms with Crippen molar-refractivity contribution in [3.8, 4) is 6.07 Å². The van der Waals surface area contributed by atoms with Crippen LogP contribution < -0.4 is 0 Å². The normalized spacial score (nSPS) is 14.1. The van der Waals surface area contributed by atoms with Crippen LogP contribution in [0.25, 0.3) is 0 Å². The van der Waals surface area contributed by atoms with Crippen LogP contribution in [-0.4, -0.2) is 18.3 Å². The van der Waals surface area contributed by atoms with Crippen molar-refractivity contribution >= 4 is 0 Å². The molecule has 0 aliphatic carbocycles. The van der Waals surface area contributed by atoms with E-state index < -0.39 is 5.60 Å². The molecule has 0 spiro atoms. The molecular formula is C13H17NO2. The average molecular weight is 219 g/mol. The molecule has 0 aromatic heterocycles. The maximum Gasteiger partial charge on any atom is 0.110 e. The Labute approximate surface area is 96.3 Å². The molecule has 1 atom stereocenters. The second kappa shape index (κ2) is 5.64. The van der Waals surface area contributed by atoms with Gasteiger partial charge in [-0.15, -0.1) is 0 Å². The van der Waals surface area contributed by atoms with Crippen molar-refractivity contribution in [2.24, 2.45) is 0 Å². The first-order valence-corrected chi connectivity index (χ1v) is 5.41. The fraction of sp³-hybridized carbons (Fsp3) is 0.462. The van der Waals surface area contributed by atoms with Crippen molar-refractivity contribution in [2.75, 3.05) is 13.2 Å². The third kappa shape index (κ3) is 3.34. The second-order valence-electron chi connectivity index (χ2n) is 4.02. The molecule has 0 saturated carbocycles. The van der Waals surface area contributed by atoms with Gasteiger partial charge in [0.05, 0.1) is 18.2 Å². The molecule has 3 nitrogen and oxygen atoms in total. The minimum Gasteiger partial charge on any atom is -0.383 e. The zero-order valence-corrected chi connectivity index (χ0v) is 9.73. The highest BCUT2D eigenvalue weighted by molar-refractivity contribution is 5.33. The molecule has 0 fully saturated rings. The molecule has 1 aromatic rings. The smallest absolute Gasteiger partial charge is 0.110 e. The SMILES string of the molecule is CCCOCC(C)(O)c1ccc(C#N)cc1. The van der Waals surface area contributed by atoms with Gasteiger partial charge in [-0.25, -0.2) is 0 Å². The minimum absolute atomic E-state index is 0.271. The van der Waals surface area contributed by atoms with E-state index in [1.165, 1.54) is 0 Å². The summed E-state index contributed by atoms with van der Waals surface area (Å²) in [6, 6.07) is 8.96. The number of hydrogen-bond donors (Lipinski definition) is 1. The molecule has 1 rings (SSSR count). The number of aliphatic hydroxyl groups is 1. The van der Waals surface area contributed by atoms with Gasteiger partial charge in [0.15, 0.2) is 0 Å². The van der Waals surface area contributed by atoms with E-state index in [2.05, 4.69) is 0 Å². The third-order valence-electron chi connectivity index (χ3n) is 2.37. The van der Waals surface area contributed by atoms with Crippen molar-refractivity contribution in [3.63, 3.8) is 0 Å². The zero-order chi connectivity index (χ0) is 12.0. The van der Waals surface area contributed by atoms with Gasteiger partial charge in [-0.2, -0.15) is 5.26 Å². The molecule has 0 aliphatic heterocycles. The molecule has 0 bridgehead atoms. The van der Waals surface area contributed by atoms with E-state index in [4.69, 9.17) is 10.00 Å². The Morgan fingerprint density at radius 3 is 2.50 bits per heavy atom. The van der Waals surface area contributed by atoms with Crippen LogP contribution in [0.15, 0.2) is 24.3 Å². The van der Waals surface area contributed by atoms with Crippen molar-refractivity contribution in [2.45, 2.75) is 25.9 Å². The van der Waals surface area contributed by atoms with Gasteiger partial charge in [-0.3, -0.25) is 0 Å². The molecule has 86 valence electrons. The largest absolute Gasteiger partial charge is 0.383 e. The van der Waals surface area contributed by atoms with Gasteiger partial charge in [-0.05, 0) is 31.0 Å². The van der Waals surface area contributed by atoms with Crippen LogP contribution in [0.3, 0.4) is 0 Å². The Bertz CT molecular complexity index is 363. The van der Waals surface area contributed by atoms with Gasteiger partial charge in [0.2, 0.25) is 0 Å². The lowest BCUT2D eigenvalue weighted by Crippen LogP contribution is -2.27. The van der Waals surface area contributed by atoms with Crippen molar-refractivity contribution in [3.05, 3.63) is 35.4 Å². The first-order valence-electron chi connectivity index (χ1n) is 5.41. The van der Waals surface area contributed by atoms with E-state index in [1.54, 1.807) is 31.2 Å². The molecule has 1 N–H and O–H groups in total. The van der Waals surface area contributed by atoms with Crippen LogP contribution in [0.2, 0.25) is 0 Å². The Morgan fingerprint density at radius 2 is 2.00 bits per heavy atom. The first-order chi connectivity index (χ1) is 7.60. The Hall–Kier alpha value is -1.37. The third-order valence-corrected chi connectivity index (χ3v) is 2.37. The van der Waals surface area contributed by atoms with Crippen molar-refractivity contribution in [1.29, 1.82) is 5.26 Å². The van der Waals surface area contributed by atoms with E-state index in [9.17, 15) is 5.11 Å². The Balaban J connectivity index is 2.70. The number of hydrogen-bond acceptors (Lipinski definition) is 3. The lowest BCUT2D eigenvalue weighted by Gasteiger charge is -2.23. The van der Waals surface area contributed by atoms with Gasteiger partial charge in [-0.1, -0.05) is 19.1 Å². The standard InChI is InChI=1S/C13H17NO2/c1-3-8-16-10-13(2,15)12-6-4-11(9-14)5-7-12/h4-7,15H,3,8,10H2,1-2H3. The molecular weight excluding hydrogens is 202 g/mol. The second-order valence-corrected chi connectivity index (χ2v) is 4.02.